The fourth-order valence-corrected chi connectivity index (χ4v) is 2.42. The van der Waals surface area contributed by atoms with E-state index in [1.54, 1.807) is 25.0 Å². The fraction of sp³-hybridized carbons (Fsp3) is 0.571. The lowest BCUT2D eigenvalue weighted by Gasteiger charge is -2.21. The van der Waals surface area contributed by atoms with Crippen LogP contribution in [0.2, 0.25) is 0 Å². The highest BCUT2D eigenvalue weighted by atomic mass is 32.1. The van der Waals surface area contributed by atoms with Crippen molar-refractivity contribution in [2.75, 3.05) is 33.4 Å². The predicted octanol–water partition coefficient (Wildman–Crippen LogP) is 2.18. The summed E-state index contributed by atoms with van der Waals surface area (Å²) < 4.78 is 9.89. The summed E-state index contributed by atoms with van der Waals surface area (Å²) in [7, 11) is 1.63. The minimum absolute atomic E-state index is 0.0413. The van der Waals surface area contributed by atoms with Crippen LogP contribution in [0.5, 0.6) is 0 Å². The number of carbonyl (C=O) groups is 2. The Balaban J connectivity index is 2.55. The molecule has 5 nitrogen and oxygen atoms in total. The molecular formula is C14H21NO4S. The van der Waals surface area contributed by atoms with Gasteiger partial charge in [-0.15, -0.1) is 11.3 Å². The van der Waals surface area contributed by atoms with E-state index in [0.29, 0.717) is 31.2 Å². The van der Waals surface area contributed by atoms with Crippen LogP contribution in [0, 0.1) is 0 Å². The van der Waals surface area contributed by atoms with Crippen molar-refractivity contribution < 1.29 is 19.1 Å². The monoisotopic (exact) mass is 299 g/mol. The van der Waals surface area contributed by atoms with Crippen LogP contribution in [-0.4, -0.2) is 50.2 Å². The molecule has 0 bridgehead atoms. The van der Waals surface area contributed by atoms with Crippen LogP contribution in [0.15, 0.2) is 17.5 Å². The summed E-state index contributed by atoms with van der Waals surface area (Å²) >= 11 is 1.40. The summed E-state index contributed by atoms with van der Waals surface area (Å²) in [4.78, 5) is 26.1. The molecule has 112 valence electrons. The number of nitrogens with zero attached hydrogens (tertiary/aromatic N) is 1. The Bertz CT molecular complexity index is 405. The number of rotatable bonds is 9. The maximum atomic E-state index is 12.3. The first-order valence-corrected chi connectivity index (χ1v) is 7.54. The van der Waals surface area contributed by atoms with Gasteiger partial charge in [-0.05, 0) is 24.8 Å². The van der Waals surface area contributed by atoms with Gasteiger partial charge in [-0.25, -0.2) is 0 Å². The first-order valence-electron chi connectivity index (χ1n) is 6.66. The summed E-state index contributed by atoms with van der Waals surface area (Å²) in [5, 5.41) is 1.87. The standard InChI is InChI=1S/C14H21NO4S/c1-3-19-13(16)7-9-15(8-5-10-18-2)14(17)12-6-4-11-20-12/h4,6,11H,3,5,7-10H2,1-2H3. The molecular weight excluding hydrogens is 278 g/mol. The van der Waals surface area contributed by atoms with Crippen molar-refractivity contribution in [1.82, 2.24) is 4.90 Å². The number of amides is 1. The van der Waals surface area contributed by atoms with Gasteiger partial charge in [0.05, 0.1) is 17.9 Å². The molecule has 1 heterocycles. The molecule has 1 amide bonds. The molecule has 0 saturated carbocycles. The van der Waals surface area contributed by atoms with Crippen molar-refractivity contribution in [3.05, 3.63) is 22.4 Å². The Labute approximate surface area is 123 Å². The van der Waals surface area contributed by atoms with Crippen LogP contribution in [0.1, 0.15) is 29.4 Å². The van der Waals surface area contributed by atoms with Gasteiger partial charge in [0.2, 0.25) is 0 Å². The molecule has 0 spiro atoms. The minimum Gasteiger partial charge on any atom is -0.466 e. The maximum absolute atomic E-state index is 12.3. The Hall–Kier alpha value is -1.40. The molecule has 0 atom stereocenters. The zero-order chi connectivity index (χ0) is 14.8. The van der Waals surface area contributed by atoms with E-state index in [4.69, 9.17) is 9.47 Å². The highest BCUT2D eigenvalue weighted by molar-refractivity contribution is 7.12. The van der Waals surface area contributed by atoms with Gasteiger partial charge in [-0.2, -0.15) is 0 Å². The number of hydrogen-bond donors (Lipinski definition) is 0. The van der Waals surface area contributed by atoms with Crippen LogP contribution in [-0.2, 0) is 14.3 Å². The van der Waals surface area contributed by atoms with Gasteiger partial charge in [-0.1, -0.05) is 6.07 Å². The summed E-state index contributed by atoms with van der Waals surface area (Å²) in [6.45, 7) is 3.67. The maximum Gasteiger partial charge on any atom is 0.307 e. The molecule has 1 rings (SSSR count). The molecule has 0 aliphatic carbocycles. The smallest absolute Gasteiger partial charge is 0.307 e. The molecule has 1 aromatic heterocycles. The Morgan fingerprint density at radius 1 is 1.35 bits per heavy atom. The zero-order valence-corrected chi connectivity index (χ0v) is 12.8. The SMILES string of the molecule is CCOC(=O)CCN(CCCOC)C(=O)c1cccs1. The van der Waals surface area contributed by atoms with Crippen molar-refractivity contribution in [3.8, 4) is 0 Å². The van der Waals surface area contributed by atoms with Crippen molar-refractivity contribution >= 4 is 23.2 Å². The summed E-state index contributed by atoms with van der Waals surface area (Å²) in [5.41, 5.74) is 0. The van der Waals surface area contributed by atoms with Crippen molar-refractivity contribution in [3.63, 3.8) is 0 Å². The number of thiophene rings is 1. The van der Waals surface area contributed by atoms with Gasteiger partial charge in [0.25, 0.3) is 5.91 Å². The molecule has 1 aromatic rings. The predicted molar refractivity (Wildman–Crippen MR) is 78.0 cm³/mol. The van der Waals surface area contributed by atoms with E-state index in [9.17, 15) is 9.59 Å². The molecule has 6 heteroatoms. The van der Waals surface area contributed by atoms with Gasteiger partial charge in [-0.3, -0.25) is 9.59 Å². The van der Waals surface area contributed by atoms with Gasteiger partial charge in [0.15, 0.2) is 0 Å². The number of esters is 1. The quantitative estimate of drug-likeness (QED) is 0.518. The first kappa shape index (κ1) is 16.7. The van der Waals surface area contributed by atoms with Crippen LogP contribution < -0.4 is 0 Å². The van der Waals surface area contributed by atoms with Crippen LogP contribution in [0.3, 0.4) is 0 Å². The van der Waals surface area contributed by atoms with Gasteiger partial charge < -0.3 is 14.4 Å². The summed E-state index contributed by atoms with van der Waals surface area (Å²) in [5.74, 6) is -0.316. The van der Waals surface area contributed by atoms with E-state index in [1.165, 1.54) is 11.3 Å². The summed E-state index contributed by atoms with van der Waals surface area (Å²) in [6, 6.07) is 3.64. The second-order valence-electron chi connectivity index (χ2n) is 4.17. The van der Waals surface area contributed by atoms with E-state index in [0.717, 1.165) is 6.42 Å². The molecule has 0 aliphatic rings. The highest BCUT2D eigenvalue weighted by Gasteiger charge is 2.17. The molecule has 0 N–H and O–H groups in total. The third kappa shape index (κ3) is 5.71. The fourth-order valence-electron chi connectivity index (χ4n) is 1.73. The molecule has 0 unspecified atom stereocenters. The average molecular weight is 299 g/mol. The Morgan fingerprint density at radius 2 is 2.15 bits per heavy atom. The topological polar surface area (TPSA) is 55.8 Å². The first-order chi connectivity index (χ1) is 9.69. The van der Waals surface area contributed by atoms with Gasteiger partial charge >= 0.3 is 5.97 Å². The second-order valence-corrected chi connectivity index (χ2v) is 5.12. The lowest BCUT2D eigenvalue weighted by molar-refractivity contribution is -0.143. The average Bonchev–Trinajstić information content (AvgIpc) is 2.96. The molecule has 0 radical (unpaired) electrons. The third-order valence-corrected chi connectivity index (χ3v) is 3.54. The van der Waals surface area contributed by atoms with Crippen molar-refractivity contribution in [2.45, 2.75) is 19.8 Å². The van der Waals surface area contributed by atoms with E-state index in [1.807, 2.05) is 11.4 Å². The Morgan fingerprint density at radius 3 is 2.75 bits per heavy atom. The zero-order valence-electron chi connectivity index (χ0n) is 12.0. The molecule has 0 aromatic carbocycles. The molecule has 0 aliphatic heterocycles. The number of hydrogen-bond acceptors (Lipinski definition) is 5. The second kappa shape index (κ2) is 9.50. The third-order valence-electron chi connectivity index (χ3n) is 2.69. The normalized spacial score (nSPS) is 10.3. The van der Waals surface area contributed by atoms with Crippen LogP contribution in [0.25, 0.3) is 0 Å². The summed E-state index contributed by atoms with van der Waals surface area (Å²) in [6.07, 6.45) is 0.967. The van der Waals surface area contributed by atoms with E-state index >= 15 is 0 Å². The van der Waals surface area contributed by atoms with Crippen molar-refractivity contribution in [1.29, 1.82) is 0 Å². The van der Waals surface area contributed by atoms with Crippen LogP contribution >= 0.6 is 11.3 Å². The minimum atomic E-state index is -0.275. The lowest BCUT2D eigenvalue weighted by Crippen LogP contribution is -2.34. The number of ether oxygens (including phenoxy) is 2. The lowest BCUT2D eigenvalue weighted by atomic mass is 10.3. The van der Waals surface area contributed by atoms with E-state index in [-0.39, 0.29) is 18.3 Å². The molecule has 0 fully saturated rings. The van der Waals surface area contributed by atoms with Crippen molar-refractivity contribution in [2.24, 2.45) is 0 Å². The number of carbonyl (C=O) groups excluding carboxylic acids is 2. The largest absolute Gasteiger partial charge is 0.466 e. The molecule has 0 saturated heterocycles. The molecule has 20 heavy (non-hydrogen) atoms. The van der Waals surface area contributed by atoms with E-state index < -0.39 is 0 Å². The van der Waals surface area contributed by atoms with Gasteiger partial charge in [0, 0.05) is 26.8 Å². The highest BCUT2D eigenvalue weighted by Crippen LogP contribution is 2.13. The number of methoxy groups -OCH3 is 1. The van der Waals surface area contributed by atoms with Crippen LogP contribution in [0.4, 0.5) is 0 Å². The Kier molecular flexibility index (Phi) is 7.91. The van der Waals surface area contributed by atoms with Gasteiger partial charge in [0.1, 0.15) is 0 Å². The van der Waals surface area contributed by atoms with E-state index in [2.05, 4.69) is 0 Å².